The van der Waals surface area contributed by atoms with Crippen LogP contribution in [0.5, 0.6) is 0 Å². The van der Waals surface area contributed by atoms with Crippen molar-refractivity contribution in [2.75, 3.05) is 0 Å². The van der Waals surface area contributed by atoms with Crippen LogP contribution < -0.4 is 0 Å². The third-order valence-electron chi connectivity index (χ3n) is 6.33. The van der Waals surface area contributed by atoms with Gasteiger partial charge in [-0.3, -0.25) is 0 Å². The summed E-state index contributed by atoms with van der Waals surface area (Å²) in [4.78, 5) is 0. The summed E-state index contributed by atoms with van der Waals surface area (Å²) < 4.78 is 0. The van der Waals surface area contributed by atoms with E-state index in [0.717, 1.165) is 10.6 Å². The molecule has 0 spiro atoms. The Hall–Kier alpha value is -3.87. The Morgan fingerprint density at radius 2 is 0.818 bits per heavy atom. The van der Waals surface area contributed by atoms with Gasteiger partial charge in [-0.25, -0.2) is 0 Å². The van der Waals surface area contributed by atoms with E-state index in [-0.39, 0.29) is 0 Å². The van der Waals surface area contributed by atoms with E-state index in [4.69, 9.17) is 11.6 Å². The van der Waals surface area contributed by atoms with E-state index in [9.17, 15) is 0 Å². The number of benzene rings is 6. The van der Waals surface area contributed by atoms with Crippen molar-refractivity contribution >= 4 is 33.1 Å². The highest BCUT2D eigenvalue weighted by molar-refractivity contribution is 6.30. The molecule has 0 bridgehead atoms. The van der Waals surface area contributed by atoms with Gasteiger partial charge in [-0.15, -0.1) is 0 Å². The maximum absolute atomic E-state index is 6.15. The third kappa shape index (κ3) is 3.50. The summed E-state index contributed by atoms with van der Waals surface area (Å²) in [5.41, 5.74) is 7.34. The molecular formula is C32H21Cl. The molecule has 1 heteroatoms. The Balaban J connectivity index is 1.79. The fourth-order valence-electron chi connectivity index (χ4n) is 4.82. The summed E-state index contributed by atoms with van der Waals surface area (Å²) in [5.74, 6) is 0. The van der Waals surface area contributed by atoms with Gasteiger partial charge in [0, 0.05) is 5.02 Å². The Morgan fingerprint density at radius 3 is 1.45 bits per heavy atom. The van der Waals surface area contributed by atoms with Crippen molar-refractivity contribution in [2.45, 2.75) is 0 Å². The van der Waals surface area contributed by atoms with E-state index in [1.807, 2.05) is 12.1 Å². The van der Waals surface area contributed by atoms with Gasteiger partial charge in [-0.2, -0.15) is 0 Å². The van der Waals surface area contributed by atoms with Gasteiger partial charge in [0.15, 0.2) is 0 Å². The lowest BCUT2D eigenvalue weighted by Gasteiger charge is -2.19. The van der Waals surface area contributed by atoms with Crippen molar-refractivity contribution in [3.05, 3.63) is 132 Å². The van der Waals surface area contributed by atoms with Crippen molar-refractivity contribution in [1.29, 1.82) is 0 Å². The van der Waals surface area contributed by atoms with Gasteiger partial charge in [0.05, 0.1) is 0 Å². The molecule has 0 aromatic heterocycles. The largest absolute Gasteiger partial charge is 0.0843 e. The maximum atomic E-state index is 6.15. The fraction of sp³-hybridized carbons (Fsp3) is 0. The number of halogens is 1. The summed E-state index contributed by atoms with van der Waals surface area (Å²) in [6.45, 7) is 0. The molecule has 0 aliphatic heterocycles. The Morgan fingerprint density at radius 1 is 0.333 bits per heavy atom. The number of hydrogen-bond acceptors (Lipinski definition) is 0. The zero-order valence-corrected chi connectivity index (χ0v) is 18.8. The Bertz CT molecular complexity index is 1580. The van der Waals surface area contributed by atoms with Crippen LogP contribution in [-0.2, 0) is 0 Å². The normalized spacial score (nSPS) is 11.2. The Labute approximate surface area is 198 Å². The number of rotatable bonds is 3. The highest BCUT2D eigenvalue weighted by Crippen LogP contribution is 2.45. The minimum absolute atomic E-state index is 0.752. The van der Waals surface area contributed by atoms with Gasteiger partial charge >= 0.3 is 0 Å². The molecule has 0 atom stereocenters. The summed E-state index contributed by atoms with van der Waals surface area (Å²) in [7, 11) is 0. The average Bonchev–Trinajstić information content (AvgIpc) is 2.89. The molecule has 0 aliphatic rings. The van der Waals surface area contributed by atoms with E-state index < -0.39 is 0 Å². The second kappa shape index (κ2) is 8.24. The molecule has 0 unspecified atom stereocenters. The maximum Gasteiger partial charge on any atom is 0.0406 e. The minimum Gasteiger partial charge on any atom is -0.0843 e. The van der Waals surface area contributed by atoms with E-state index in [1.165, 1.54) is 49.4 Å². The van der Waals surface area contributed by atoms with Gasteiger partial charge in [-0.05, 0) is 73.1 Å². The van der Waals surface area contributed by atoms with Crippen LogP contribution in [0.2, 0.25) is 5.02 Å². The van der Waals surface area contributed by atoms with Crippen LogP contribution in [0.3, 0.4) is 0 Å². The Kier molecular flexibility index (Phi) is 4.94. The SMILES string of the molecule is Clc1ccc(-c2ccc3c(c2)c(-c2ccccc2)c(-c2ccccc2)c2ccccc23)cc1. The topological polar surface area (TPSA) is 0 Å². The first-order valence-electron chi connectivity index (χ1n) is 11.1. The van der Waals surface area contributed by atoms with Crippen LogP contribution in [0.25, 0.3) is 54.9 Å². The molecule has 33 heavy (non-hydrogen) atoms. The summed E-state index contributed by atoms with van der Waals surface area (Å²) in [5, 5.41) is 5.82. The predicted molar refractivity (Wildman–Crippen MR) is 143 cm³/mol. The molecule has 0 aliphatic carbocycles. The smallest absolute Gasteiger partial charge is 0.0406 e. The second-order valence-electron chi connectivity index (χ2n) is 8.29. The summed E-state index contributed by atoms with van der Waals surface area (Å²) in [6, 6.07) is 45.1. The minimum atomic E-state index is 0.752. The molecule has 6 aromatic carbocycles. The van der Waals surface area contributed by atoms with E-state index in [1.54, 1.807) is 0 Å². The highest BCUT2D eigenvalue weighted by atomic mass is 35.5. The van der Waals surface area contributed by atoms with E-state index in [0.29, 0.717) is 0 Å². The molecule has 6 rings (SSSR count). The van der Waals surface area contributed by atoms with Crippen LogP contribution >= 0.6 is 11.6 Å². The second-order valence-corrected chi connectivity index (χ2v) is 8.73. The van der Waals surface area contributed by atoms with Crippen LogP contribution in [0.15, 0.2) is 127 Å². The van der Waals surface area contributed by atoms with Crippen molar-refractivity contribution in [3.63, 3.8) is 0 Å². The molecule has 0 heterocycles. The van der Waals surface area contributed by atoms with Gasteiger partial charge in [0.25, 0.3) is 0 Å². The lowest BCUT2D eigenvalue weighted by molar-refractivity contribution is 1.62. The third-order valence-corrected chi connectivity index (χ3v) is 6.58. The van der Waals surface area contributed by atoms with Crippen molar-refractivity contribution in [1.82, 2.24) is 0 Å². The zero-order chi connectivity index (χ0) is 22.2. The van der Waals surface area contributed by atoms with Gasteiger partial charge in [0.1, 0.15) is 0 Å². The van der Waals surface area contributed by atoms with Crippen LogP contribution in [0, 0.1) is 0 Å². The first kappa shape index (κ1) is 19.8. The van der Waals surface area contributed by atoms with Gasteiger partial charge in [0.2, 0.25) is 0 Å². The summed E-state index contributed by atoms with van der Waals surface area (Å²) >= 11 is 6.15. The average molecular weight is 441 g/mol. The predicted octanol–water partition coefficient (Wildman–Crippen LogP) is 9.65. The van der Waals surface area contributed by atoms with Crippen molar-refractivity contribution < 1.29 is 0 Å². The first-order valence-corrected chi connectivity index (χ1v) is 11.5. The van der Waals surface area contributed by atoms with Crippen molar-refractivity contribution in [2.24, 2.45) is 0 Å². The molecule has 6 aromatic rings. The quantitative estimate of drug-likeness (QED) is 0.240. The standard InChI is InChI=1S/C32H21Cl/c33-26-18-15-22(16-19-26)25-17-20-28-27-13-7-8-14-29(27)31(23-9-3-1-4-10-23)32(30(28)21-25)24-11-5-2-6-12-24/h1-21H. The first-order chi connectivity index (χ1) is 16.3. The van der Waals surface area contributed by atoms with Crippen LogP contribution in [0.4, 0.5) is 0 Å². The van der Waals surface area contributed by atoms with Crippen LogP contribution in [0.1, 0.15) is 0 Å². The van der Waals surface area contributed by atoms with Gasteiger partial charge in [-0.1, -0.05) is 121 Å². The lowest BCUT2D eigenvalue weighted by Crippen LogP contribution is -1.92. The molecule has 0 saturated heterocycles. The van der Waals surface area contributed by atoms with Crippen molar-refractivity contribution in [3.8, 4) is 33.4 Å². The van der Waals surface area contributed by atoms with E-state index >= 15 is 0 Å². The zero-order valence-electron chi connectivity index (χ0n) is 18.0. The number of hydrogen-bond donors (Lipinski definition) is 0. The molecule has 0 nitrogen and oxygen atoms in total. The monoisotopic (exact) mass is 440 g/mol. The molecule has 0 fully saturated rings. The number of fused-ring (bicyclic) bond motifs is 3. The fourth-order valence-corrected chi connectivity index (χ4v) is 4.95. The molecule has 0 N–H and O–H groups in total. The molecular weight excluding hydrogens is 420 g/mol. The lowest BCUT2D eigenvalue weighted by atomic mass is 9.84. The molecule has 0 saturated carbocycles. The van der Waals surface area contributed by atoms with Gasteiger partial charge < -0.3 is 0 Å². The molecule has 156 valence electrons. The van der Waals surface area contributed by atoms with E-state index in [2.05, 4.69) is 115 Å². The highest BCUT2D eigenvalue weighted by Gasteiger charge is 2.17. The molecule has 0 amide bonds. The van der Waals surface area contributed by atoms with Crippen LogP contribution in [-0.4, -0.2) is 0 Å². The molecule has 0 radical (unpaired) electrons. The summed E-state index contributed by atoms with van der Waals surface area (Å²) in [6.07, 6.45) is 0.